The number of fused-ring (bicyclic) bond motifs is 1. The molecule has 25 heavy (non-hydrogen) atoms. The van der Waals surface area contributed by atoms with Gasteiger partial charge >= 0.3 is 5.97 Å². The number of carbonyl (C=O) groups is 1. The molecular weight excluding hydrogens is 342 g/mol. The molecule has 0 unspecified atom stereocenters. The summed E-state index contributed by atoms with van der Waals surface area (Å²) in [6.45, 7) is 0.332. The highest BCUT2D eigenvalue weighted by Gasteiger charge is 2.64. The summed E-state index contributed by atoms with van der Waals surface area (Å²) in [5, 5.41) is 4.17. The van der Waals surface area contributed by atoms with Crippen molar-refractivity contribution in [1.82, 2.24) is 14.1 Å². The molecule has 1 aromatic heterocycles. The first-order valence-electron chi connectivity index (χ1n) is 8.21. The summed E-state index contributed by atoms with van der Waals surface area (Å²) in [6.07, 6.45) is 4.86. The lowest BCUT2D eigenvalue weighted by molar-refractivity contribution is -0.159. The highest BCUT2D eigenvalue weighted by atomic mass is 32.2. The van der Waals surface area contributed by atoms with Crippen LogP contribution in [0.2, 0.25) is 0 Å². The fourth-order valence-corrected chi connectivity index (χ4v) is 5.73. The normalized spacial score (nSPS) is 26.0. The van der Waals surface area contributed by atoms with Crippen LogP contribution >= 0.6 is 0 Å². The maximum absolute atomic E-state index is 13.2. The van der Waals surface area contributed by atoms with Crippen molar-refractivity contribution in [1.29, 1.82) is 0 Å². The number of benzene rings is 1. The van der Waals surface area contributed by atoms with E-state index in [0.29, 0.717) is 19.4 Å². The van der Waals surface area contributed by atoms with Crippen LogP contribution in [0.3, 0.4) is 0 Å². The Hall–Kier alpha value is -2.19. The number of methoxy groups -OCH3 is 1. The first-order valence-corrected chi connectivity index (χ1v) is 9.65. The maximum Gasteiger partial charge on any atom is 0.327 e. The third-order valence-electron chi connectivity index (χ3n) is 5.38. The number of para-hydroxylation sites is 1. The van der Waals surface area contributed by atoms with Crippen LogP contribution in [0, 0.1) is 5.92 Å². The van der Waals surface area contributed by atoms with Gasteiger partial charge in [-0.3, -0.25) is 4.79 Å². The minimum Gasteiger partial charge on any atom is -0.468 e. The van der Waals surface area contributed by atoms with E-state index in [-0.39, 0.29) is 10.8 Å². The minimum atomic E-state index is -3.82. The molecule has 0 spiro atoms. The molecule has 8 heteroatoms. The van der Waals surface area contributed by atoms with Gasteiger partial charge in [-0.05, 0) is 37.3 Å². The lowest BCUT2D eigenvalue weighted by Gasteiger charge is -2.46. The third kappa shape index (κ3) is 2.24. The molecule has 0 amide bonds. The zero-order valence-corrected chi connectivity index (χ0v) is 14.6. The molecule has 0 radical (unpaired) electrons. The first-order chi connectivity index (χ1) is 12.0. The molecule has 1 aliphatic heterocycles. The van der Waals surface area contributed by atoms with E-state index in [2.05, 4.69) is 5.10 Å². The van der Waals surface area contributed by atoms with E-state index in [1.807, 2.05) is 30.3 Å². The van der Waals surface area contributed by atoms with Gasteiger partial charge in [-0.2, -0.15) is 9.40 Å². The zero-order valence-electron chi connectivity index (χ0n) is 13.8. The van der Waals surface area contributed by atoms with Crippen molar-refractivity contribution in [3.8, 4) is 5.69 Å². The molecule has 4 rings (SSSR count). The van der Waals surface area contributed by atoms with Gasteiger partial charge in [0.15, 0.2) is 0 Å². The van der Waals surface area contributed by atoms with Crippen molar-refractivity contribution < 1.29 is 17.9 Å². The van der Waals surface area contributed by atoms with Gasteiger partial charge in [-0.25, -0.2) is 13.1 Å². The molecule has 0 N–H and O–H groups in total. The molecule has 2 aliphatic rings. The van der Waals surface area contributed by atoms with Crippen LogP contribution in [0.25, 0.3) is 5.69 Å². The third-order valence-corrected chi connectivity index (χ3v) is 7.28. The molecule has 132 valence electrons. The van der Waals surface area contributed by atoms with Crippen LogP contribution in [-0.2, 0) is 19.6 Å². The Kier molecular flexibility index (Phi) is 3.69. The van der Waals surface area contributed by atoms with Gasteiger partial charge in [-0.1, -0.05) is 18.2 Å². The van der Waals surface area contributed by atoms with E-state index in [4.69, 9.17) is 4.74 Å². The summed E-state index contributed by atoms with van der Waals surface area (Å²) in [5.41, 5.74) is -0.267. The Morgan fingerprint density at radius 3 is 2.68 bits per heavy atom. The number of esters is 1. The molecule has 2 aromatic rings. The smallest absolute Gasteiger partial charge is 0.327 e. The molecule has 1 saturated heterocycles. The van der Waals surface area contributed by atoms with Crippen LogP contribution in [0.15, 0.2) is 47.6 Å². The zero-order chi connectivity index (χ0) is 17.7. The molecule has 2 heterocycles. The lowest BCUT2D eigenvalue weighted by Crippen LogP contribution is -2.61. The molecule has 1 aliphatic carbocycles. The average Bonchev–Trinajstić information content (AvgIpc) is 3.20. The largest absolute Gasteiger partial charge is 0.468 e. The summed E-state index contributed by atoms with van der Waals surface area (Å²) >= 11 is 0. The molecular formula is C17H19N3O4S. The van der Waals surface area contributed by atoms with Crippen LogP contribution < -0.4 is 0 Å². The number of sulfonamides is 1. The Morgan fingerprint density at radius 2 is 2.04 bits per heavy atom. The van der Waals surface area contributed by atoms with E-state index >= 15 is 0 Å². The number of aromatic nitrogens is 2. The minimum absolute atomic E-state index is 0.0406. The molecule has 2 atom stereocenters. The number of carbonyl (C=O) groups excluding carboxylic acids is 1. The van der Waals surface area contributed by atoms with Gasteiger partial charge in [-0.15, -0.1) is 0 Å². The van der Waals surface area contributed by atoms with Crippen LogP contribution in [0.5, 0.6) is 0 Å². The van der Waals surface area contributed by atoms with E-state index in [0.717, 1.165) is 12.1 Å². The topological polar surface area (TPSA) is 81.5 Å². The number of hydrogen-bond donors (Lipinski definition) is 0. The lowest BCUT2D eigenvalue weighted by atomic mass is 9.68. The molecule has 1 aromatic carbocycles. The van der Waals surface area contributed by atoms with E-state index in [1.165, 1.54) is 28.5 Å². The van der Waals surface area contributed by atoms with Crippen molar-refractivity contribution in [3.05, 3.63) is 42.7 Å². The summed E-state index contributed by atoms with van der Waals surface area (Å²) < 4.78 is 34.1. The van der Waals surface area contributed by atoms with Gasteiger partial charge in [0.1, 0.15) is 10.4 Å². The van der Waals surface area contributed by atoms with Gasteiger partial charge in [0.2, 0.25) is 10.0 Å². The summed E-state index contributed by atoms with van der Waals surface area (Å²) in [4.78, 5) is 12.5. The van der Waals surface area contributed by atoms with E-state index in [9.17, 15) is 13.2 Å². The van der Waals surface area contributed by atoms with E-state index in [1.54, 1.807) is 0 Å². The van der Waals surface area contributed by atoms with Crippen LogP contribution in [0.4, 0.5) is 0 Å². The number of rotatable bonds is 4. The molecule has 7 nitrogen and oxygen atoms in total. The second-order valence-corrected chi connectivity index (χ2v) is 8.34. The van der Waals surface area contributed by atoms with Crippen molar-refractivity contribution in [2.45, 2.75) is 29.7 Å². The molecule has 2 fully saturated rings. The Bertz CT molecular complexity index is 909. The second-order valence-electron chi connectivity index (χ2n) is 6.47. The van der Waals surface area contributed by atoms with Gasteiger partial charge in [0, 0.05) is 6.54 Å². The second kappa shape index (κ2) is 5.67. The Morgan fingerprint density at radius 1 is 1.28 bits per heavy atom. The summed E-state index contributed by atoms with van der Waals surface area (Å²) in [7, 11) is -2.51. The predicted octanol–water partition coefficient (Wildman–Crippen LogP) is 1.59. The van der Waals surface area contributed by atoms with Gasteiger partial charge in [0.25, 0.3) is 0 Å². The average molecular weight is 361 g/mol. The first kappa shape index (κ1) is 16.3. The van der Waals surface area contributed by atoms with Crippen molar-refractivity contribution in [2.24, 2.45) is 5.92 Å². The number of nitrogens with zero attached hydrogens (tertiary/aromatic N) is 3. The van der Waals surface area contributed by atoms with Gasteiger partial charge in [0.05, 0.1) is 25.2 Å². The Balaban J connectivity index is 1.71. The fourth-order valence-electron chi connectivity index (χ4n) is 3.98. The summed E-state index contributed by atoms with van der Waals surface area (Å²) in [6, 6.07) is 9.29. The van der Waals surface area contributed by atoms with Crippen molar-refractivity contribution in [2.75, 3.05) is 13.7 Å². The predicted molar refractivity (Wildman–Crippen MR) is 89.5 cm³/mol. The fraction of sp³-hybridized carbons (Fsp3) is 0.412. The Labute approximate surface area is 146 Å². The van der Waals surface area contributed by atoms with Crippen LogP contribution in [0.1, 0.15) is 19.3 Å². The molecule has 0 bridgehead atoms. The standard InChI is InChI=1S/C17H19N3O4S/c1-24-16(21)17-9-7-13(17)8-10-20(17)25(22,23)15-11-18-19(12-15)14-5-3-2-4-6-14/h2-6,11-13H,7-10H2,1H3/t13-,17-/m0/s1. The number of hydrogen-bond acceptors (Lipinski definition) is 5. The summed E-state index contributed by atoms with van der Waals surface area (Å²) in [5.74, 6) is -0.417. The monoisotopic (exact) mass is 361 g/mol. The molecule has 1 saturated carbocycles. The number of ether oxygens (including phenoxy) is 1. The van der Waals surface area contributed by atoms with Gasteiger partial charge < -0.3 is 4.74 Å². The maximum atomic E-state index is 13.2. The quantitative estimate of drug-likeness (QED) is 0.773. The van der Waals surface area contributed by atoms with Crippen LogP contribution in [-0.4, -0.2) is 47.7 Å². The van der Waals surface area contributed by atoms with E-state index < -0.39 is 21.5 Å². The van der Waals surface area contributed by atoms with Crippen molar-refractivity contribution >= 4 is 16.0 Å². The highest BCUT2D eigenvalue weighted by Crippen LogP contribution is 2.52. The van der Waals surface area contributed by atoms with Crippen molar-refractivity contribution in [3.63, 3.8) is 0 Å². The SMILES string of the molecule is COC(=O)[C@]12CC[C@H]1CCN2S(=O)(=O)c1cnn(-c2ccccc2)c1. The highest BCUT2D eigenvalue weighted by molar-refractivity contribution is 7.89.